The first-order chi connectivity index (χ1) is 14.6. The molecule has 6 nitrogen and oxygen atoms in total. The minimum atomic E-state index is -2.23. The van der Waals surface area contributed by atoms with E-state index < -0.39 is 53.1 Å². The Balaban J connectivity index is 1.91. The first kappa shape index (κ1) is 22.9. The molecule has 0 bridgehead atoms. The molecule has 0 saturated heterocycles. The van der Waals surface area contributed by atoms with E-state index in [0.717, 1.165) is 4.68 Å². The molecule has 31 heavy (non-hydrogen) atoms. The van der Waals surface area contributed by atoms with Gasteiger partial charge in [-0.2, -0.15) is 10.2 Å². The molecule has 166 valence electrons. The Bertz CT molecular complexity index is 1130. The van der Waals surface area contributed by atoms with Crippen molar-refractivity contribution in [3.05, 3.63) is 62.9 Å². The van der Waals surface area contributed by atoms with Gasteiger partial charge < -0.3 is 5.32 Å². The van der Waals surface area contributed by atoms with Gasteiger partial charge in [0.05, 0.1) is 39.9 Å². The van der Waals surface area contributed by atoms with Crippen LogP contribution in [0.2, 0.25) is 0 Å². The molecular weight excluding hydrogens is 489 g/mol. The van der Waals surface area contributed by atoms with E-state index in [2.05, 4.69) is 31.4 Å². The van der Waals surface area contributed by atoms with Gasteiger partial charge in [-0.1, -0.05) is 6.92 Å². The van der Waals surface area contributed by atoms with Crippen LogP contribution in [-0.4, -0.2) is 25.5 Å². The second kappa shape index (κ2) is 8.77. The summed E-state index contributed by atoms with van der Waals surface area (Å²) in [6, 6.07) is -0.636. The molecule has 1 N–H and O–H groups in total. The predicted octanol–water partition coefficient (Wildman–Crippen LogP) is 4.79. The smallest absolute Gasteiger partial charge is 0.249 e. The Morgan fingerprint density at radius 1 is 1.10 bits per heavy atom. The highest BCUT2D eigenvalue weighted by Gasteiger charge is 2.27. The van der Waals surface area contributed by atoms with Gasteiger partial charge >= 0.3 is 0 Å². The van der Waals surface area contributed by atoms with E-state index in [1.807, 2.05) is 0 Å². The monoisotopic (exact) mass is 505 g/mol. The zero-order valence-corrected chi connectivity index (χ0v) is 18.2. The summed E-state index contributed by atoms with van der Waals surface area (Å²) in [6.45, 7) is 4.14. The number of hydrogen-bond donors (Lipinski definition) is 1. The summed E-state index contributed by atoms with van der Waals surface area (Å²) >= 11 is 3.26. The molecule has 0 saturated carbocycles. The van der Waals surface area contributed by atoms with Crippen molar-refractivity contribution in [2.75, 3.05) is 5.32 Å². The first-order valence-corrected chi connectivity index (χ1v) is 9.90. The van der Waals surface area contributed by atoms with E-state index in [4.69, 9.17) is 0 Å². The maximum Gasteiger partial charge on any atom is 0.249 e. The van der Waals surface area contributed by atoms with Crippen LogP contribution in [-0.2, 0) is 11.3 Å². The molecule has 3 aromatic rings. The van der Waals surface area contributed by atoms with Crippen LogP contribution in [0.1, 0.15) is 36.3 Å². The molecule has 2 aromatic heterocycles. The molecule has 0 spiro atoms. The number of halogens is 6. The molecule has 0 aliphatic heterocycles. The fourth-order valence-corrected chi connectivity index (χ4v) is 3.46. The van der Waals surface area contributed by atoms with Gasteiger partial charge in [0.15, 0.2) is 23.3 Å². The van der Waals surface area contributed by atoms with Crippen LogP contribution in [0.25, 0.3) is 0 Å². The normalized spacial score (nSPS) is 12.3. The third kappa shape index (κ3) is 4.21. The van der Waals surface area contributed by atoms with E-state index in [1.165, 1.54) is 17.8 Å². The van der Waals surface area contributed by atoms with Crippen LogP contribution in [0.5, 0.6) is 0 Å². The number of anilines is 1. The Labute approximate surface area is 182 Å². The molecule has 0 fully saturated rings. The molecule has 2 heterocycles. The van der Waals surface area contributed by atoms with Gasteiger partial charge in [0.1, 0.15) is 6.04 Å². The van der Waals surface area contributed by atoms with Gasteiger partial charge in [0, 0.05) is 6.20 Å². The third-order valence-electron chi connectivity index (χ3n) is 4.82. The van der Waals surface area contributed by atoms with E-state index >= 15 is 0 Å². The fraction of sp³-hybridized carbons (Fsp3) is 0.316. The van der Waals surface area contributed by atoms with Gasteiger partial charge in [-0.15, -0.1) is 0 Å². The summed E-state index contributed by atoms with van der Waals surface area (Å²) in [4.78, 5) is 12.8. The zero-order chi connectivity index (χ0) is 23.0. The summed E-state index contributed by atoms with van der Waals surface area (Å²) in [5, 5.41) is 10.9. The van der Waals surface area contributed by atoms with Crippen molar-refractivity contribution in [2.24, 2.45) is 0 Å². The molecule has 1 aromatic carbocycles. The summed E-state index contributed by atoms with van der Waals surface area (Å²) in [7, 11) is 0. The zero-order valence-electron chi connectivity index (χ0n) is 16.6. The molecule has 0 radical (unpaired) electrons. The minimum Gasteiger partial charge on any atom is -0.321 e. The minimum absolute atomic E-state index is 0.276. The van der Waals surface area contributed by atoms with Crippen molar-refractivity contribution < 1.29 is 26.7 Å². The number of carbonyl (C=O) groups is 1. The molecule has 1 amide bonds. The third-order valence-corrected chi connectivity index (χ3v) is 5.23. The number of carbonyl (C=O) groups excluding carboxylic acids is 1. The quantitative estimate of drug-likeness (QED) is 0.297. The number of amides is 1. The highest BCUT2D eigenvalue weighted by Crippen LogP contribution is 2.27. The van der Waals surface area contributed by atoms with Crippen molar-refractivity contribution in [1.82, 2.24) is 19.6 Å². The average molecular weight is 506 g/mol. The molecule has 0 aliphatic carbocycles. The van der Waals surface area contributed by atoms with E-state index in [0.29, 0.717) is 16.6 Å². The molecular formula is C19H17BrF5N5O. The number of nitrogens with one attached hydrogen (secondary N) is 1. The Morgan fingerprint density at radius 2 is 1.68 bits per heavy atom. The van der Waals surface area contributed by atoms with Crippen molar-refractivity contribution in [3.8, 4) is 0 Å². The van der Waals surface area contributed by atoms with E-state index in [-0.39, 0.29) is 11.4 Å². The van der Waals surface area contributed by atoms with Gasteiger partial charge in [0.2, 0.25) is 11.7 Å². The van der Waals surface area contributed by atoms with Crippen LogP contribution < -0.4 is 5.32 Å². The van der Waals surface area contributed by atoms with Crippen LogP contribution in [0, 0.1) is 42.9 Å². The van der Waals surface area contributed by atoms with Crippen molar-refractivity contribution in [3.63, 3.8) is 0 Å². The van der Waals surface area contributed by atoms with Gasteiger partial charge in [-0.3, -0.25) is 14.2 Å². The largest absolute Gasteiger partial charge is 0.321 e. The Hall–Kier alpha value is -2.76. The lowest BCUT2D eigenvalue weighted by molar-refractivity contribution is -0.119. The Morgan fingerprint density at radius 3 is 2.19 bits per heavy atom. The van der Waals surface area contributed by atoms with Crippen molar-refractivity contribution >= 4 is 27.5 Å². The van der Waals surface area contributed by atoms with Gasteiger partial charge in [-0.25, -0.2) is 22.0 Å². The summed E-state index contributed by atoms with van der Waals surface area (Å²) in [5.74, 6) is -10.5. The topological polar surface area (TPSA) is 64.7 Å². The SMILES string of the molecule is CCC(C(=O)Nc1c(C)nn(Cc2c(F)c(F)c(F)c(F)c2F)c1C)n1cc(Br)cn1. The highest BCUT2D eigenvalue weighted by molar-refractivity contribution is 9.10. The highest BCUT2D eigenvalue weighted by atomic mass is 79.9. The predicted molar refractivity (Wildman–Crippen MR) is 105 cm³/mol. The lowest BCUT2D eigenvalue weighted by atomic mass is 10.1. The molecule has 12 heteroatoms. The number of rotatable bonds is 6. The van der Waals surface area contributed by atoms with E-state index in [9.17, 15) is 26.7 Å². The van der Waals surface area contributed by atoms with Gasteiger partial charge in [0.25, 0.3) is 0 Å². The number of hydrogen-bond acceptors (Lipinski definition) is 3. The standard InChI is InChI=1S/C19H17BrF5N5O/c1-4-12(30-6-10(20)5-26-30)19(31)27-18-8(2)28-29(9(18)3)7-11-13(21)15(23)17(25)16(24)14(11)22/h5-6,12H,4,7H2,1-3H3,(H,27,31). The molecule has 1 atom stereocenters. The Kier molecular flexibility index (Phi) is 6.48. The van der Waals surface area contributed by atoms with Crippen LogP contribution in [0.3, 0.4) is 0 Å². The average Bonchev–Trinajstić information content (AvgIpc) is 3.27. The molecule has 1 unspecified atom stereocenters. The lowest BCUT2D eigenvalue weighted by Gasteiger charge is -2.16. The first-order valence-electron chi connectivity index (χ1n) is 9.11. The summed E-state index contributed by atoms with van der Waals surface area (Å²) < 4.78 is 71.6. The van der Waals surface area contributed by atoms with Gasteiger partial charge in [-0.05, 0) is 36.2 Å². The summed E-state index contributed by atoms with van der Waals surface area (Å²) in [6.07, 6.45) is 3.60. The molecule has 3 rings (SSSR count). The fourth-order valence-electron chi connectivity index (χ4n) is 3.16. The summed E-state index contributed by atoms with van der Waals surface area (Å²) in [5.41, 5.74) is -0.149. The van der Waals surface area contributed by atoms with Crippen LogP contribution in [0.15, 0.2) is 16.9 Å². The maximum atomic E-state index is 14.0. The van der Waals surface area contributed by atoms with Crippen LogP contribution in [0.4, 0.5) is 27.6 Å². The van der Waals surface area contributed by atoms with E-state index in [1.54, 1.807) is 20.0 Å². The number of benzene rings is 1. The second-order valence-corrected chi connectivity index (χ2v) is 7.72. The second-order valence-electron chi connectivity index (χ2n) is 6.80. The van der Waals surface area contributed by atoms with Crippen molar-refractivity contribution in [2.45, 2.75) is 39.8 Å². The molecule has 0 aliphatic rings. The van der Waals surface area contributed by atoms with Crippen molar-refractivity contribution in [1.29, 1.82) is 0 Å². The maximum absolute atomic E-state index is 14.0. The number of aryl methyl sites for hydroxylation is 1. The number of nitrogens with zero attached hydrogens (tertiary/aromatic N) is 4. The van der Waals surface area contributed by atoms with Crippen LogP contribution >= 0.6 is 15.9 Å². The lowest BCUT2D eigenvalue weighted by Crippen LogP contribution is -2.26. The number of aromatic nitrogens is 4.